The minimum atomic E-state index is -2.88. The van der Waals surface area contributed by atoms with Gasteiger partial charge in [0.25, 0.3) is 5.92 Å². The molecular formula is C4H8ClF2N. The van der Waals surface area contributed by atoms with Crippen molar-refractivity contribution in [1.29, 1.82) is 0 Å². The summed E-state index contributed by atoms with van der Waals surface area (Å²) in [6.45, 7) is 2.22. The van der Waals surface area contributed by atoms with Gasteiger partial charge in [-0.2, -0.15) is 0 Å². The first-order valence-electron chi connectivity index (χ1n) is 1.84. The lowest BCUT2D eigenvalue weighted by Gasteiger charge is -2.04. The Balaban J connectivity index is 0. The lowest BCUT2D eigenvalue weighted by atomic mass is 10.3. The van der Waals surface area contributed by atoms with E-state index in [0.29, 0.717) is 6.08 Å². The van der Waals surface area contributed by atoms with Gasteiger partial charge in [0.15, 0.2) is 0 Å². The SMILES string of the molecule is C=CC(F)(F)CN.Cl. The minimum absolute atomic E-state index is 0. The van der Waals surface area contributed by atoms with Crippen LogP contribution >= 0.6 is 12.4 Å². The molecule has 1 nitrogen and oxygen atoms in total. The van der Waals surface area contributed by atoms with Gasteiger partial charge in [-0.1, -0.05) is 6.58 Å². The first-order chi connectivity index (χ1) is 3.12. The van der Waals surface area contributed by atoms with Crippen LogP contribution in [0, 0.1) is 0 Å². The Morgan fingerprint density at radius 2 is 2.00 bits per heavy atom. The summed E-state index contributed by atoms with van der Waals surface area (Å²) in [7, 11) is 0. The Morgan fingerprint density at radius 3 is 2.00 bits per heavy atom. The molecule has 0 aromatic heterocycles. The third-order valence-corrected chi connectivity index (χ3v) is 0.571. The maximum Gasteiger partial charge on any atom is 0.278 e. The van der Waals surface area contributed by atoms with Gasteiger partial charge in [-0.15, -0.1) is 12.4 Å². The van der Waals surface area contributed by atoms with Crippen molar-refractivity contribution in [2.75, 3.05) is 6.54 Å². The molecule has 0 amide bonds. The highest BCUT2D eigenvalue weighted by Gasteiger charge is 2.19. The van der Waals surface area contributed by atoms with Crippen LogP contribution < -0.4 is 5.73 Å². The Morgan fingerprint density at radius 1 is 1.62 bits per heavy atom. The minimum Gasteiger partial charge on any atom is -0.325 e. The molecule has 0 aromatic rings. The van der Waals surface area contributed by atoms with Gasteiger partial charge in [0.1, 0.15) is 0 Å². The molecule has 0 bridgehead atoms. The van der Waals surface area contributed by atoms with E-state index < -0.39 is 12.5 Å². The summed E-state index contributed by atoms with van der Waals surface area (Å²) in [5.74, 6) is -2.88. The number of hydrogen-bond donors (Lipinski definition) is 1. The van der Waals surface area contributed by atoms with Gasteiger partial charge in [-0.25, -0.2) is 8.78 Å². The Labute approximate surface area is 53.0 Å². The number of alkyl halides is 2. The van der Waals surface area contributed by atoms with Crippen LogP contribution in [0.2, 0.25) is 0 Å². The van der Waals surface area contributed by atoms with Crippen LogP contribution in [-0.2, 0) is 0 Å². The highest BCUT2D eigenvalue weighted by Crippen LogP contribution is 2.10. The molecule has 0 saturated carbocycles. The average Bonchev–Trinajstić information content (AvgIpc) is 1.68. The molecule has 4 heteroatoms. The van der Waals surface area contributed by atoms with Crippen molar-refractivity contribution in [3.05, 3.63) is 12.7 Å². The maximum atomic E-state index is 11.6. The molecule has 0 aliphatic carbocycles. The van der Waals surface area contributed by atoms with E-state index in [0.717, 1.165) is 0 Å². The van der Waals surface area contributed by atoms with Crippen LogP contribution in [0.5, 0.6) is 0 Å². The summed E-state index contributed by atoms with van der Waals surface area (Å²) in [6.07, 6.45) is 0.535. The van der Waals surface area contributed by atoms with Crippen molar-refractivity contribution in [2.24, 2.45) is 5.73 Å². The zero-order chi connectivity index (χ0) is 5.91. The van der Waals surface area contributed by atoms with E-state index >= 15 is 0 Å². The number of rotatable bonds is 2. The summed E-state index contributed by atoms with van der Waals surface area (Å²) < 4.78 is 23.3. The second-order valence-corrected chi connectivity index (χ2v) is 1.17. The third-order valence-electron chi connectivity index (χ3n) is 0.571. The van der Waals surface area contributed by atoms with E-state index in [1.807, 2.05) is 0 Å². The third kappa shape index (κ3) is 4.02. The number of nitrogens with two attached hydrogens (primary N) is 1. The molecule has 0 spiro atoms. The Bertz CT molecular complexity index is 74.4. The second kappa shape index (κ2) is 3.80. The van der Waals surface area contributed by atoms with E-state index in [9.17, 15) is 8.78 Å². The van der Waals surface area contributed by atoms with Crippen LogP contribution in [0.25, 0.3) is 0 Å². The standard InChI is InChI=1S/C4H7F2N.ClH/c1-2-4(5,6)3-7;/h2H,1,3,7H2;1H. The monoisotopic (exact) mass is 143 g/mol. The normalized spacial score (nSPS) is 9.88. The van der Waals surface area contributed by atoms with E-state index in [4.69, 9.17) is 0 Å². The summed E-state index contributed by atoms with van der Waals surface area (Å²) >= 11 is 0. The fraction of sp³-hybridized carbons (Fsp3) is 0.500. The predicted octanol–water partition coefficient (Wildman–Crippen LogP) is 1.19. The molecule has 0 atom stereocenters. The van der Waals surface area contributed by atoms with E-state index in [1.165, 1.54) is 0 Å². The van der Waals surface area contributed by atoms with Crippen LogP contribution in [0.1, 0.15) is 0 Å². The molecule has 0 fully saturated rings. The van der Waals surface area contributed by atoms with Gasteiger partial charge < -0.3 is 5.73 Å². The Kier molecular flexibility index (Phi) is 5.12. The van der Waals surface area contributed by atoms with Crippen LogP contribution in [0.15, 0.2) is 12.7 Å². The summed E-state index contributed by atoms with van der Waals surface area (Å²) in [6, 6.07) is 0. The smallest absolute Gasteiger partial charge is 0.278 e. The molecule has 0 unspecified atom stereocenters. The molecule has 0 aromatic carbocycles. The fourth-order valence-corrected chi connectivity index (χ4v) is 0.0833. The summed E-state index contributed by atoms with van der Waals surface area (Å²) in [5.41, 5.74) is 4.60. The van der Waals surface area contributed by atoms with Gasteiger partial charge in [-0.05, 0) is 6.08 Å². The van der Waals surface area contributed by atoms with Crippen LogP contribution in [0.3, 0.4) is 0 Å². The van der Waals surface area contributed by atoms with Gasteiger partial charge in [0.2, 0.25) is 0 Å². The zero-order valence-electron chi connectivity index (χ0n) is 4.23. The fourth-order valence-electron chi connectivity index (χ4n) is 0.0833. The lowest BCUT2D eigenvalue weighted by molar-refractivity contribution is 0.0657. The van der Waals surface area contributed by atoms with Crippen LogP contribution in [0.4, 0.5) is 8.78 Å². The van der Waals surface area contributed by atoms with Crippen molar-refractivity contribution in [3.8, 4) is 0 Å². The van der Waals surface area contributed by atoms with Crippen molar-refractivity contribution >= 4 is 12.4 Å². The molecule has 8 heavy (non-hydrogen) atoms. The molecule has 0 saturated heterocycles. The highest BCUT2D eigenvalue weighted by molar-refractivity contribution is 5.85. The largest absolute Gasteiger partial charge is 0.325 e. The van der Waals surface area contributed by atoms with Crippen LogP contribution in [-0.4, -0.2) is 12.5 Å². The molecule has 0 heterocycles. The van der Waals surface area contributed by atoms with Gasteiger partial charge in [-0.3, -0.25) is 0 Å². The number of hydrogen-bond acceptors (Lipinski definition) is 1. The van der Waals surface area contributed by atoms with Gasteiger partial charge in [0, 0.05) is 0 Å². The quantitative estimate of drug-likeness (QED) is 0.578. The average molecular weight is 144 g/mol. The van der Waals surface area contributed by atoms with E-state index in [2.05, 4.69) is 12.3 Å². The maximum absolute atomic E-state index is 11.6. The molecule has 0 rings (SSSR count). The lowest BCUT2D eigenvalue weighted by Crippen LogP contribution is -2.24. The van der Waals surface area contributed by atoms with Crippen molar-refractivity contribution in [3.63, 3.8) is 0 Å². The Hall–Kier alpha value is -0.150. The van der Waals surface area contributed by atoms with Gasteiger partial charge >= 0.3 is 0 Å². The second-order valence-electron chi connectivity index (χ2n) is 1.17. The molecule has 0 radical (unpaired) electrons. The van der Waals surface area contributed by atoms with Gasteiger partial charge in [0.05, 0.1) is 6.54 Å². The summed E-state index contributed by atoms with van der Waals surface area (Å²) in [5, 5.41) is 0. The topological polar surface area (TPSA) is 26.0 Å². The highest BCUT2D eigenvalue weighted by atomic mass is 35.5. The zero-order valence-corrected chi connectivity index (χ0v) is 5.05. The predicted molar refractivity (Wildman–Crippen MR) is 31.4 cm³/mol. The van der Waals surface area contributed by atoms with Crippen molar-refractivity contribution < 1.29 is 8.78 Å². The van der Waals surface area contributed by atoms with E-state index in [1.54, 1.807) is 0 Å². The molecule has 0 aliphatic heterocycles. The van der Waals surface area contributed by atoms with Crippen molar-refractivity contribution in [2.45, 2.75) is 5.92 Å². The molecular weight excluding hydrogens is 136 g/mol. The molecule has 0 aliphatic rings. The molecule has 50 valence electrons. The number of halogens is 3. The van der Waals surface area contributed by atoms with E-state index in [-0.39, 0.29) is 12.4 Å². The first kappa shape index (κ1) is 10.8. The van der Waals surface area contributed by atoms with Crippen molar-refractivity contribution in [1.82, 2.24) is 0 Å². The summed E-state index contributed by atoms with van der Waals surface area (Å²) in [4.78, 5) is 0. The first-order valence-corrected chi connectivity index (χ1v) is 1.84. The molecule has 2 N–H and O–H groups in total.